The van der Waals surface area contributed by atoms with Gasteiger partial charge in [0, 0.05) is 5.75 Å². The molecule has 0 radical (unpaired) electrons. The van der Waals surface area contributed by atoms with E-state index in [4.69, 9.17) is 11.5 Å². The summed E-state index contributed by atoms with van der Waals surface area (Å²) in [5.41, 5.74) is 11.7. The van der Waals surface area contributed by atoms with Crippen LogP contribution in [0.3, 0.4) is 0 Å². The Labute approximate surface area is 82.9 Å². The van der Waals surface area contributed by atoms with Crippen LogP contribution in [0.25, 0.3) is 0 Å². The minimum absolute atomic E-state index is 0.425. The molecule has 0 aliphatic heterocycles. The molecule has 1 aromatic heterocycles. The molecular formula is C9H15N3S. The summed E-state index contributed by atoms with van der Waals surface area (Å²) in [4.78, 5) is 4.16. The predicted molar refractivity (Wildman–Crippen MR) is 58.6 cm³/mol. The van der Waals surface area contributed by atoms with Crippen molar-refractivity contribution in [2.24, 2.45) is 5.92 Å². The first-order chi connectivity index (χ1) is 6.09. The lowest BCUT2D eigenvalue weighted by Crippen LogP contribution is -1.99. The molecule has 1 aromatic rings. The Kier molecular flexibility index (Phi) is 3.42. The summed E-state index contributed by atoms with van der Waals surface area (Å²) in [5.74, 6) is 2.13. The van der Waals surface area contributed by atoms with E-state index in [0.717, 1.165) is 10.8 Å². The third-order valence-electron chi connectivity index (χ3n) is 1.50. The van der Waals surface area contributed by atoms with Crippen molar-refractivity contribution < 1.29 is 0 Å². The average Bonchev–Trinajstić information content (AvgIpc) is 2.07. The smallest absolute Gasteiger partial charge is 0.147 e. The van der Waals surface area contributed by atoms with Crippen LogP contribution >= 0.6 is 11.8 Å². The van der Waals surface area contributed by atoms with Crippen LogP contribution in [0.15, 0.2) is 17.2 Å². The van der Waals surface area contributed by atoms with Crippen LogP contribution < -0.4 is 11.5 Å². The number of nitrogen functional groups attached to an aromatic ring is 2. The van der Waals surface area contributed by atoms with E-state index in [1.165, 1.54) is 0 Å². The molecule has 0 atom stereocenters. The molecule has 4 N–H and O–H groups in total. The van der Waals surface area contributed by atoms with E-state index in [0.29, 0.717) is 17.4 Å². The van der Waals surface area contributed by atoms with Crippen molar-refractivity contribution in [3.63, 3.8) is 0 Å². The Balaban J connectivity index is 2.63. The molecule has 0 spiro atoms. The summed E-state index contributed by atoms with van der Waals surface area (Å²) >= 11 is 1.70. The molecule has 1 rings (SSSR count). The number of pyridine rings is 1. The first-order valence-corrected chi connectivity index (χ1v) is 5.23. The maximum atomic E-state index is 5.58. The van der Waals surface area contributed by atoms with E-state index in [9.17, 15) is 0 Å². The summed E-state index contributed by atoms with van der Waals surface area (Å²) in [6, 6.07) is 3.70. The molecule has 0 amide bonds. The highest BCUT2D eigenvalue weighted by Gasteiger charge is 2.01. The number of hydrogen-bond donors (Lipinski definition) is 2. The van der Waals surface area contributed by atoms with Crippen LogP contribution in [0.5, 0.6) is 0 Å². The van der Waals surface area contributed by atoms with Crippen LogP contribution in [-0.4, -0.2) is 10.7 Å². The average molecular weight is 197 g/mol. The quantitative estimate of drug-likeness (QED) is 0.727. The predicted octanol–water partition coefficient (Wildman–Crippen LogP) is 1.99. The Hall–Kier alpha value is -0.900. The lowest BCUT2D eigenvalue weighted by molar-refractivity contribution is 0.749. The number of nitrogens with two attached hydrogens (primary N) is 2. The van der Waals surface area contributed by atoms with Gasteiger partial charge in [0.15, 0.2) is 0 Å². The molecule has 0 aliphatic carbocycles. The molecule has 0 saturated heterocycles. The topological polar surface area (TPSA) is 64.9 Å². The van der Waals surface area contributed by atoms with Gasteiger partial charge in [-0.25, -0.2) is 4.98 Å². The molecular weight excluding hydrogens is 182 g/mol. The van der Waals surface area contributed by atoms with Gasteiger partial charge in [0.2, 0.25) is 0 Å². The van der Waals surface area contributed by atoms with Crippen molar-refractivity contribution in [3.05, 3.63) is 12.1 Å². The highest BCUT2D eigenvalue weighted by atomic mass is 32.2. The van der Waals surface area contributed by atoms with Gasteiger partial charge >= 0.3 is 0 Å². The van der Waals surface area contributed by atoms with Gasteiger partial charge in [-0.15, -0.1) is 11.8 Å². The minimum atomic E-state index is 0.425. The Morgan fingerprint density at radius 3 is 2.62 bits per heavy atom. The largest absolute Gasteiger partial charge is 0.396 e. The van der Waals surface area contributed by atoms with Crippen molar-refractivity contribution in [3.8, 4) is 0 Å². The zero-order chi connectivity index (χ0) is 9.84. The second-order valence-electron chi connectivity index (χ2n) is 3.33. The van der Waals surface area contributed by atoms with Crippen LogP contribution in [-0.2, 0) is 0 Å². The van der Waals surface area contributed by atoms with Gasteiger partial charge < -0.3 is 11.5 Å². The van der Waals surface area contributed by atoms with Gasteiger partial charge in [0.25, 0.3) is 0 Å². The summed E-state index contributed by atoms with van der Waals surface area (Å²) < 4.78 is 0. The normalized spacial score (nSPS) is 10.7. The number of hydrogen-bond acceptors (Lipinski definition) is 4. The summed E-state index contributed by atoms with van der Waals surface area (Å²) in [5, 5.41) is 0.945. The highest BCUT2D eigenvalue weighted by Crippen LogP contribution is 2.21. The van der Waals surface area contributed by atoms with Gasteiger partial charge in [0.1, 0.15) is 5.82 Å². The molecule has 0 fully saturated rings. The third kappa shape index (κ3) is 3.14. The van der Waals surface area contributed by atoms with Crippen molar-refractivity contribution in [2.75, 3.05) is 17.2 Å². The van der Waals surface area contributed by atoms with Gasteiger partial charge in [-0.05, 0) is 18.1 Å². The molecule has 4 heteroatoms. The van der Waals surface area contributed by atoms with Crippen LogP contribution in [0.1, 0.15) is 13.8 Å². The number of rotatable bonds is 3. The van der Waals surface area contributed by atoms with Gasteiger partial charge in [-0.1, -0.05) is 13.8 Å². The van der Waals surface area contributed by atoms with Crippen LogP contribution in [0.4, 0.5) is 11.5 Å². The third-order valence-corrected chi connectivity index (χ3v) is 2.85. The zero-order valence-corrected chi connectivity index (χ0v) is 8.77. The first kappa shape index (κ1) is 10.2. The van der Waals surface area contributed by atoms with Gasteiger partial charge in [-0.2, -0.15) is 0 Å². The van der Waals surface area contributed by atoms with E-state index in [1.807, 2.05) is 6.07 Å². The van der Waals surface area contributed by atoms with E-state index < -0.39 is 0 Å². The summed E-state index contributed by atoms with van der Waals surface area (Å²) in [6.07, 6.45) is 0. The van der Waals surface area contributed by atoms with E-state index >= 15 is 0 Å². The maximum absolute atomic E-state index is 5.58. The second kappa shape index (κ2) is 4.37. The standard InChI is InChI=1S/C9H15N3S/c1-6(2)5-13-8-4-3-7(10)9(11)12-8/h3-4,6H,5,10H2,1-2H3,(H2,11,12). The molecule has 0 saturated carbocycles. The van der Waals surface area contributed by atoms with Crippen molar-refractivity contribution in [1.82, 2.24) is 4.98 Å². The van der Waals surface area contributed by atoms with E-state index in [2.05, 4.69) is 18.8 Å². The molecule has 1 heterocycles. The number of thioether (sulfide) groups is 1. The van der Waals surface area contributed by atoms with E-state index in [1.54, 1.807) is 17.8 Å². The maximum Gasteiger partial charge on any atom is 0.147 e. The lowest BCUT2D eigenvalue weighted by Gasteiger charge is -2.05. The fraction of sp³-hybridized carbons (Fsp3) is 0.444. The van der Waals surface area contributed by atoms with Crippen molar-refractivity contribution >= 4 is 23.3 Å². The Morgan fingerprint density at radius 2 is 2.08 bits per heavy atom. The van der Waals surface area contributed by atoms with Crippen LogP contribution in [0.2, 0.25) is 0 Å². The van der Waals surface area contributed by atoms with E-state index in [-0.39, 0.29) is 0 Å². The Bertz CT molecular complexity index is 286. The molecule has 0 aromatic carbocycles. The summed E-state index contributed by atoms with van der Waals surface area (Å²) in [6.45, 7) is 4.35. The lowest BCUT2D eigenvalue weighted by atomic mass is 10.3. The SMILES string of the molecule is CC(C)CSc1ccc(N)c(N)n1. The zero-order valence-electron chi connectivity index (χ0n) is 7.95. The number of aromatic nitrogens is 1. The van der Waals surface area contributed by atoms with Crippen LogP contribution in [0, 0.1) is 5.92 Å². The molecule has 0 bridgehead atoms. The first-order valence-electron chi connectivity index (χ1n) is 4.24. The summed E-state index contributed by atoms with van der Waals surface area (Å²) in [7, 11) is 0. The molecule has 3 nitrogen and oxygen atoms in total. The number of anilines is 2. The molecule has 0 aliphatic rings. The number of nitrogens with zero attached hydrogens (tertiary/aromatic N) is 1. The fourth-order valence-corrected chi connectivity index (χ4v) is 1.63. The molecule has 72 valence electrons. The van der Waals surface area contributed by atoms with Gasteiger partial charge in [0.05, 0.1) is 10.7 Å². The second-order valence-corrected chi connectivity index (χ2v) is 4.37. The highest BCUT2D eigenvalue weighted by molar-refractivity contribution is 7.99. The molecule has 0 unspecified atom stereocenters. The fourth-order valence-electron chi connectivity index (χ4n) is 0.799. The van der Waals surface area contributed by atoms with Crippen molar-refractivity contribution in [1.29, 1.82) is 0 Å². The van der Waals surface area contributed by atoms with Gasteiger partial charge in [-0.3, -0.25) is 0 Å². The Morgan fingerprint density at radius 1 is 1.38 bits per heavy atom. The van der Waals surface area contributed by atoms with Crippen molar-refractivity contribution in [2.45, 2.75) is 18.9 Å². The monoisotopic (exact) mass is 197 g/mol. The minimum Gasteiger partial charge on any atom is -0.396 e. The molecule has 13 heavy (non-hydrogen) atoms.